The lowest BCUT2D eigenvalue weighted by atomic mass is 10.0. The molecule has 1 aromatic rings. The van der Waals surface area contributed by atoms with Crippen LogP contribution in [0.25, 0.3) is 0 Å². The van der Waals surface area contributed by atoms with Crippen LogP contribution in [0.4, 0.5) is 5.69 Å². The van der Waals surface area contributed by atoms with E-state index in [4.69, 9.17) is 9.47 Å². The number of benzene rings is 1. The SMILES string of the molecule is CCC(=O)OCCN1CCCc2ccc(OC)cc21. The van der Waals surface area contributed by atoms with E-state index in [-0.39, 0.29) is 5.97 Å². The largest absolute Gasteiger partial charge is 0.497 e. The zero-order valence-electron chi connectivity index (χ0n) is 11.6. The predicted octanol–water partition coefficient (Wildman–Crippen LogP) is 2.40. The van der Waals surface area contributed by atoms with Gasteiger partial charge in [0.25, 0.3) is 0 Å². The number of hydrogen-bond acceptors (Lipinski definition) is 4. The molecule has 4 heteroatoms. The van der Waals surface area contributed by atoms with Gasteiger partial charge in [-0.2, -0.15) is 0 Å². The Morgan fingerprint density at radius 2 is 2.26 bits per heavy atom. The van der Waals surface area contributed by atoms with Gasteiger partial charge in [-0.1, -0.05) is 13.0 Å². The van der Waals surface area contributed by atoms with E-state index in [1.54, 1.807) is 7.11 Å². The number of anilines is 1. The van der Waals surface area contributed by atoms with Crippen LogP contribution in [0.3, 0.4) is 0 Å². The summed E-state index contributed by atoms with van der Waals surface area (Å²) in [5.41, 5.74) is 2.55. The van der Waals surface area contributed by atoms with E-state index in [1.165, 1.54) is 11.3 Å². The van der Waals surface area contributed by atoms with Crippen molar-refractivity contribution in [3.8, 4) is 5.75 Å². The highest BCUT2D eigenvalue weighted by Gasteiger charge is 2.17. The summed E-state index contributed by atoms with van der Waals surface area (Å²) in [4.78, 5) is 13.4. The molecule has 0 saturated heterocycles. The Kier molecular flexibility index (Phi) is 4.66. The molecule has 1 aliphatic rings. The number of hydrogen-bond donors (Lipinski definition) is 0. The number of aryl methyl sites for hydroxylation is 1. The number of ether oxygens (including phenoxy) is 2. The number of carbonyl (C=O) groups is 1. The smallest absolute Gasteiger partial charge is 0.305 e. The Labute approximate surface area is 114 Å². The van der Waals surface area contributed by atoms with Crippen LogP contribution >= 0.6 is 0 Å². The minimum absolute atomic E-state index is 0.136. The van der Waals surface area contributed by atoms with Crippen molar-refractivity contribution in [3.63, 3.8) is 0 Å². The lowest BCUT2D eigenvalue weighted by Gasteiger charge is -2.31. The summed E-state index contributed by atoms with van der Waals surface area (Å²) in [6.45, 7) is 4.00. The lowest BCUT2D eigenvalue weighted by Crippen LogP contribution is -2.33. The van der Waals surface area contributed by atoms with Crippen molar-refractivity contribution < 1.29 is 14.3 Å². The van der Waals surface area contributed by atoms with Gasteiger partial charge in [0.1, 0.15) is 12.4 Å². The molecular formula is C15H21NO3. The van der Waals surface area contributed by atoms with Gasteiger partial charge < -0.3 is 14.4 Å². The van der Waals surface area contributed by atoms with Crippen molar-refractivity contribution in [1.82, 2.24) is 0 Å². The quantitative estimate of drug-likeness (QED) is 0.765. The normalized spacial score (nSPS) is 13.9. The van der Waals surface area contributed by atoms with Crippen LogP contribution in [0.1, 0.15) is 25.3 Å². The Hall–Kier alpha value is -1.71. The molecule has 0 amide bonds. The molecule has 2 rings (SSSR count). The Morgan fingerprint density at radius 3 is 3.00 bits per heavy atom. The molecule has 0 bridgehead atoms. The van der Waals surface area contributed by atoms with Crippen molar-refractivity contribution in [1.29, 1.82) is 0 Å². The predicted molar refractivity (Wildman–Crippen MR) is 74.8 cm³/mol. The van der Waals surface area contributed by atoms with Gasteiger partial charge in [0.2, 0.25) is 0 Å². The molecule has 0 aromatic heterocycles. The highest BCUT2D eigenvalue weighted by atomic mass is 16.5. The van der Waals surface area contributed by atoms with Crippen molar-refractivity contribution in [2.24, 2.45) is 0 Å². The Balaban J connectivity index is 2.02. The summed E-state index contributed by atoms with van der Waals surface area (Å²) < 4.78 is 10.4. The third-order valence-electron chi connectivity index (χ3n) is 3.42. The maximum atomic E-state index is 11.1. The maximum absolute atomic E-state index is 11.1. The number of methoxy groups -OCH3 is 1. The Morgan fingerprint density at radius 1 is 1.42 bits per heavy atom. The summed E-state index contributed by atoms with van der Waals surface area (Å²) in [6, 6.07) is 6.19. The van der Waals surface area contributed by atoms with Gasteiger partial charge in [-0.3, -0.25) is 4.79 Å². The van der Waals surface area contributed by atoms with E-state index < -0.39 is 0 Å². The average molecular weight is 263 g/mol. The van der Waals surface area contributed by atoms with Gasteiger partial charge in [0.15, 0.2) is 0 Å². The van der Waals surface area contributed by atoms with Crippen LogP contribution in [0.2, 0.25) is 0 Å². The van der Waals surface area contributed by atoms with E-state index in [0.717, 1.165) is 31.7 Å². The zero-order chi connectivity index (χ0) is 13.7. The molecule has 0 atom stereocenters. The van der Waals surface area contributed by atoms with Crippen LogP contribution in [0, 0.1) is 0 Å². The Bertz CT molecular complexity index is 445. The van der Waals surface area contributed by atoms with Crippen molar-refractivity contribution >= 4 is 11.7 Å². The molecule has 0 aliphatic carbocycles. The monoisotopic (exact) mass is 263 g/mol. The number of carbonyl (C=O) groups excluding carboxylic acids is 1. The van der Waals surface area contributed by atoms with E-state index in [9.17, 15) is 4.79 Å². The van der Waals surface area contributed by atoms with Crippen LogP contribution in [-0.2, 0) is 16.0 Å². The third kappa shape index (κ3) is 3.40. The zero-order valence-corrected chi connectivity index (χ0v) is 11.6. The van der Waals surface area contributed by atoms with Crippen LogP contribution < -0.4 is 9.64 Å². The second-order valence-electron chi connectivity index (χ2n) is 4.66. The summed E-state index contributed by atoms with van der Waals surface area (Å²) in [5.74, 6) is 0.735. The molecule has 0 fully saturated rings. The van der Waals surface area contributed by atoms with Gasteiger partial charge in [0, 0.05) is 24.7 Å². The fraction of sp³-hybridized carbons (Fsp3) is 0.533. The topological polar surface area (TPSA) is 38.8 Å². The summed E-state index contributed by atoms with van der Waals surface area (Å²) >= 11 is 0. The molecular weight excluding hydrogens is 242 g/mol. The van der Waals surface area contributed by atoms with Gasteiger partial charge in [0.05, 0.1) is 13.7 Å². The molecule has 0 saturated carbocycles. The number of esters is 1. The second-order valence-corrected chi connectivity index (χ2v) is 4.66. The first-order valence-corrected chi connectivity index (χ1v) is 6.82. The van der Waals surface area contributed by atoms with Crippen molar-refractivity contribution in [3.05, 3.63) is 23.8 Å². The molecule has 1 aromatic carbocycles. The van der Waals surface area contributed by atoms with Crippen LogP contribution in [-0.4, -0.2) is 32.8 Å². The first-order valence-electron chi connectivity index (χ1n) is 6.82. The third-order valence-corrected chi connectivity index (χ3v) is 3.42. The molecule has 1 heterocycles. The van der Waals surface area contributed by atoms with Crippen LogP contribution in [0.5, 0.6) is 5.75 Å². The number of rotatable bonds is 5. The van der Waals surface area contributed by atoms with Gasteiger partial charge in [-0.25, -0.2) is 0 Å². The van der Waals surface area contributed by atoms with E-state index in [1.807, 2.05) is 13.0 Å². The highest BCUT2D eigenvalue weighted by molar-refractivity contribution is 5.68. The minimum Gasteiger partial charge on any atom is -0.497 e. The molecule has 4 nitrogen and oxygen atoms in total. The van der Waals surface area contributed by atoms with Crippen LogP contribution in [0.15, 0.2) is 18.2 Å². The summed E-state index contributed by atoms with van der Waals surface area (Å²) in [5, 5.41) is 0. The molecule has 104 valence electrons. The first-order chi connectivity index (χ1) is 9.24. The minimum atomic E-state index is -0.136. The highest BCUT2D eigenvalue weighted by Crippen LogP contribution is 2.30. The average Bonchev–Trinajstić information content (AvgIpc) is 2.46. The fourth-order valence-corrected chi connectivity index (χ4v) is 2.36. The molecule has 19 heavy (non-hydrogen) atoms. The van der Waals surface area contributed by atoms with Gasteiger partial charge >= 0.3 is 5.97 Å². The van der Waals surface area contributed by atoms with E-state index in [0.29, 0.717) is 13.0 Å². The lowest BCUT2D eigenvalue weighted by molar-refractivity contribution is -0.142. The van der Waals surface area contributed by atoms with Crippen molar-refractivity contribution in [2.75, 3.05) is 31.7 Å². The van der Waals surface area contributed by atoms with Crippen molar-refractivity contribution in [2.45, 2.75) is 26.2 Å². The molecule has 0 radical (unpaired) electrons. The fourth-order valence-electron chi connectivity index (χ4n) is 2.36. The molecule has 0 N–H and O–H groups in total. The van der Waals surface area contributed by atoms with E-state index >= 15 is 0 Å². The van der Waals surface area contributed by atoms with Gasteiger partial charge in [-0.05, 0) is 24.5 Å². The maximum Gasteiger partial charge on any atom is 0.305 e. The van der Waals surface area contributed by atoms with Gasteiger partial charge in [-0.15, -0.1) is 0 Å². The summed E-state index contributed by atoms with van der Waals surface area (Å²) in [6.07, 6.45) is 2.68. The number of nitrogens with zero attached hydrogens (tertiary/aromatic N) is 1. The molecule has 0 unspecified atom stereocenters. The summed E-state index contributed by atoms with van der Waals surface area (Å²) in [7, 11) is 1.68. The molecule has 0 spiro atoms. The first kappa shape index (κ1) is 13.7. The second kappa shape index (κ2) is 6.45. The number of fused-ring (bicyclic) bond motifs is 1. The van der Waals surface area contributed by atoms with E-state index in [2.05, 4.69) is 17.0 Å². The molecule has 1 aliphatic heterocycles. The standard InChI is InChI=1S/C15H21NO3/c1-3-15(17)19-10-9-16-8-4-5-12-6-7-13(18-2)11-14(12)16/h6-7,11H,3-5,8-10H2,1-2H3.